The van der Waals surface area contributed by atoms with Gasteiger partial charge in [-0.15, -0.1) is 0 Å². The van der Waals surface area contributed by atoms with Gasteiger partial charge in [0.1, 0.15) is 0 Å². The first-order valence-electron chi connectivity index (χ1n) is 4.68. The molecule has 0 aromatic heterocycles. The summed E-state index contributed by atoms with van der Waals surface area (Å²) in [5.41, 5.74) is 14.1. The van der Waals surface area contributed by atoms with Crippen LogP contribution >= 0.6 is 12.2 Å². The lowest BCUT2D eigenvalue weighted by atomic mass is 10.2. The van der Waals surface area contributed by atoms with Gasteiger partial charge in [-0.3, -0.25) is 0 Å². The quantitative estimate of drug-likeness (QED) is 0.461. The Morgan fingerprint density at radius 2 is 1.80 bits per heavy atom. The zero-order valence-electron chi connectivity index (χ0n) is 9.19. The Morgan fingerprint density at radius 3 is 2.13 bits per heavy atom. The topological polar surface area (TPSA) is 65.5 Å². The van der Waals surface area contributed by atoms with Crippen molar-refractivity contribution >= 4 is 23.0 Å². The molecular formula is C10H16N4S. The molecule has 4 nitrogen and oxygen atoms in total. The fourth-order valence-corrected chi connectivity index (χ4v) is 1.07. The Labute approximate surface area is 95.6 Å². The molecule has 5 heteroatoms. The molecule has 0 saturated heterocycles. The van der Waals surface area contributed by atoms with Crippen molar-refractivity contribution in [2.24, 2.45) is 11.0 Å². The van der Waals surface area contributed by atoms with Crippen LogP contribution in [0.5, 0.6) is 0 Å². The molecule has 3 N–H and O–H groups in total. The smallest absolute Gasteiger partial charge is 0.193 e. The Balaban J connectivity index is 0.000000921. The lowest BCUT2D eigenvalue weighted by Crippen LogP contribution is -2.30. The number of nitrogens with one attached hydrogen (secondary N) is 1. The normalized spacial score (nSPS) is 8.47. The van der Waals surface area contributed by atoms with Crippen LogP contribution in [0, 0.1) is 12.5 Å². The second kappa shape index (κ2) is 6.89. The maximum atomic E-state index is 6.86. The molecule has 0 radical (unpaired) electrons. The Kier molecular flexibility index (Phi) is 6.21. The highest BCUT2D eigenvalue weighted by Crippen LogP contribution is 2.14. The predicted octanol–water partition coefficient (Wildman–Crippen LogP) is 3.02. The van der Waals surface area contributed by atoms with Crippen molar-refractivity contribution in [3.8, 4) is 0 Å². The van der Waals surface area contributed by atoms with E-state index in [4.69, 9.17) is 23.5 Å². The van der Waals surface area contributed by atoms with Gasteiger partial charge in [0.25, 0.3) is 0 Å². The van der Waals surface area contributed by atoms with Gasteiger partial charge < -0.3 is 5.73 Å². The number of rotatable bonds is 2. The zero-order chi connectivity index (χ0) is 11.8. The molecule has 0 spiro atoms. The number of nitrogens with two attached hydrogens (primary N) is 1. The molecule has 0 saturated carbocycles. The number of hydrogen-bond donors (Lipinski definition) is 2. The van der Waals surface area contributed by atoms with Crippen LogP contribution < -0.4 is 10.7 Å². The van der Waals surface area contributed by atoms with Crippen molar-refractivity contribution in [3.63, 3.8) is 0 Å². The van der Waals surface area contributed by atoms with E-state index in [9.17, 15) is 0 Å². The summed E-state index contributed by atoms with van der Waals surface area (Å²) in [6, 6.07) is 7.44. The van der Waals surface area contributed by atoms with Gasteiger partial charge in [-0.05, 0) is 31.3 Å². The molecule has 82 valence electrons. The van der Waals surface area contributed by atoms with Crippen molar-refractivity contribution in [2.45, 2.75) is 20.8 Å². The fourth-order valence-electron chi connectivity index (χ4n) is 0.920. The van der Waals surface area contributed by atoms with E-state index in [1.54, 1.807) is 0 Å². The van der Waals surface area contributed by atoms with Crippen LogP contribution in [-0.2, 0) is 0 Å². The highest BCUT2D eigenvalue weighted by atomic mass is 32.1. The van der Waals surface area contributed by atoms with Crippen molar-refractivity contribution in [3.05, 3.63) is 29.8 Å². The van der Waals surface area contributed by atoms with Gasteiger partial charge in [0.2, 0.25) is 0 Å². The van der Waals surface area contributed by atoms with Crippen LogP contribution in [0.4, 0.5) is 5.69 Å². The van der Waals surface area contributed by atoms with Crippen molar-refractivity contribution in [2.75, 3.05) is 5.01 Å². The summed E-state index contributed by atoms with van der Waals surface area (Å²) in [6.07, 6.45) is 0. The lowest BCUT2D eigenvalue weighted by molar-refractivity contribution is 0.947. The van der Waals surface area contributed by atoms with Crippen LogP contribution in [0.1, 0.15) is 19.4 Å². The average Bonchev–Trinajstić information content (AvgIpc) is 2.24. The van der Waals surface area contributed by atoms with Gasteiger partial charge in [-0.1, -0.05) is 36.8 Å². The van der Waals surface area contributed by atoms with Crippen LogP contribution in [0.3, 0.4) is 0 Å². The maximum Gasteiger partial charge on any atom is 0.193 e. The first kappa shape index (κ1) is 13.5. The number of hydrogen-bond acceptors (Lipinski definition) is 3. The molecule has 1 aromatic rings. The summed E-state index contributed by atoms with van der Waals surface area (Å²) in [7, 11) is 0. The summed E-state index contributed by atoms with van der Waals surface area (Å²) in [5.74, 6) is 0. The van der Waals surface area contributed by atoms with Crippen LogP contribution in [0.15, 0.2) is 29.5 Å². The molecule has 0 aliphatic heterocycles. The van der Waals surface area contributed by atoms with Crippen LogP contribution in [0.25, 0.3) is 0 Å². The number of nitrogens with zero attached hydrogens (tertiary/aromatic N) is 2. The van der Waals surface area contributed by atoms with Crippen LogP contribution in [0.2, 0.25) is 0 Å². The van der Waals surface area contributed by atoms with E-state index < -0.39 is 0 Å². The molecule has 0 heterocycles. The second-order valence-electron chi connectivity index (χ2n) is 2.59. The number of benzene rings is 1. The molecule has 15 heavy (non-hydrogen) atoms. The zero-order valence-corrected chi connectivity index (χ0v) is 10.0. The third kappa shape index (κ3) is 4.03. The highest BCUT2D eigenvalue weighted by Gasteiger charge is 2.06. The summed E-state index contributed by atoms with van der Waals surface area (Å²) in [5, 5.41) is 4.46. The Bertz CT molecular complexity index is 321. The van der Waals surface area contributed by atoms with Crippen molar-refractivity contribution < 1.29 is 0 Å². The summed E-state index contributed by atoms with van der Waals surface area (Å²) >= 11 is 4.72. The predicted molar refractivity (Wildman–Crippen MR) is 66.9 cm³/mol. The van der Waals surface area contributed by atoms with E-state index in [0.29, 0.717) is 5.69 Å². The molecule has 1 aromatic carbocycles. The van der Waals surface area contributed by atoms with Gasteiger partial charge in [-0.25, -0.2) is 0 Å². The molecule has 0 aliphatic carbocycles. The minimum atomic E-state index is 0.0684. The minimum absolute atomic E-state index is 0.0684. The Morgan fingerprint density at radius 1 is 1.33 bits per heavy atom. The number of anilines is 1. The van der Waals surface area contributed by atoms with E-state index >= 15 is 0 Å². The molecule has 1 rings (SSSR count). The third-order valence-corrected chi connectivity index (χ3v) is 1.76. The average molecular weight is 224 g/mol. The largest absolute Gasteiger partial charge is 0.374 e. The second-order valence-corrected chi connectivity index (χ2v) is 3.00. The molecule has 0 unspecified atom stereocenters. The van der Waals surface area contributed by atoms with Crippen molar-refractivity contribution in [1.82, 2.24) is 0 Å². The molecule has 0 aliphatic rings. The van der Waals surface area contributed by atoms with E-state index in [-0.39, 0.29) is 5.11 Å². The Hall–Kier alpha value is -1.49. The van der Waals surface area contributed by atoms with E-state index in [1.165, 1.54) is 5.01 Å². The van der Waals surface area contributed by atoms with Gasteiger partial charge in [-0.2, -0.15) is 10.5 Å². The van der Waals surface area contributed by atoms with E-state index in [0.717, 1.165) is 5.56 Å². The molecule has 0 amide bonds. The summed E-state index contributed by atoms with van der Waals surface area (Å²) in [4.78, 5) is 0. The van der Waals surface area contributed by atoms with Crippen LogP contribution in [-0.4, -0.2) is 5.11 Å². The molecule has 0 bridgehead atoms. The first-order valence-corrected chi connectivity index (χ1v) is 5.09. The molecule has 0 atom stereocenters. The monoisotopic (exact) mass is 224 g/mol. The number of aryl methyl sites for hydroxylation is 1. The standard InChI is InChI=1S/C8H10N4S.C2H6/c1-6-2-4-7(5-3-6)12(11-10)8(9)13;1-2/h2-5,10H,1H3,(H2,9,13);1-2H3. The molecule has 0 fully saturated rings. The van der Waals surface area contributed by atoms with E-state index in [1.807, 2.05) is 45.0 Å². The minimum Gasteiger partial charge on any atom is -0.374 e. The molecular weight excluding hydrogens is 208 g/mol. The summed E-state index contributed by atoms with van der Waals surface area (Å²) in [6.45, 7) is 5.98. The van der Waals surface area contributed by atoms with Gasteiger partial charge >= 0.3 is 0 Å². The number of thiocarbonyl (C=S) groups is 1. The van der Waals surface area contributed by atoms with Gasteiger partial charge in [0, 0.05) is 0 Å². The first-order chi connectivity index (χ1) is 7.15. The maximum absolute atomic E-state index is 6.86. The van der Waals surface area contributed by atoms with Gasteiger partial charge in [0.05, 0.1) is 5.69 Å². The highest BCUT2D eigenvalue weighted by molar-refractivity contribution is 7.80. The lowest BCUT2D eigenvalue weighted by Gasteiger charge is -2.13. The van der Waals surface area contributed by atoms with E-state index in [2.05, 4.69) is 5.22 Å². The summed E-state index contributed by atoms with van der Waals surface area (Å²) < 4.78 is 0. The van der Waals surface area contributed by atoms with Crippen molar-refractivity contribution in [1.29, 1.82) is 5.53 Å². The fraction of sp³-hybridized carbons (Fsp3) is 0.300. The van der Waals surface area contributed by atoms with Gasteiger partial charge in [0.15, 0.2) is 5.11 Å². The third-order valence-electron chi connectivity index (χ3n) is 1.59. The SMILES string of the molecule is CC.Cc1ccc(N(N=N)C(N)=S)cc1.